The Kier molecular flexibility index (Phi) is 4.98. The number of rotatable bonds is 6. The van der Waals surface area contributed by atoms with Gasteiger partial charge in [0.25, 0.3) is 5.91 Å². The minimum Gasteiger partial charge on any atom is -0.455 e. The van der Waals surface area contributed by atoms with Crippen molar-refractivity contribution in [1.82, 2.24) is 0 Å². The highest BCUT2D eigenvalue weighted by Crippen LogP contribution is 2.64. The number of carbonyl (C=O) groups is 2. The number of hydrogen-bond donors (Lipinski definition) is 1. The molecule has 8 heteroatoms. The largest absolute Gasteiger partial charge is 0.455 e. The molecule has 1 aromatic carbocycles. The number of para-hydroxylation sites is 2. The number of amides is 1. The summed E-state index contributed by atoms with van der Waals surface area (Å²) in [5, 5.41) is 2.45. The molecule has 0 radical (unpaired) electrons. The average Bonchev–Trinajstić information content (AvgIpc) is 2.59. The maximum absolute atomic E-state index is 12.8. The molecule has 4 bridgehead atoms. The van der Waals surface area contributed by atoms with E-state index in [-0.39, 0.29) is 22.3 Å². The quantitative estimate of drug-likeness (QED) is 0.556. The van der Waals surface area contributed by atoms with Gasteiger partial charge in [-0.3, -0.25) is 9.59 Å². The molecule has 28 heavy (non-hydrogen) atoms. The zero-order valence-corrected chi connectivity index (χ0v) is 16.0. The summed E-state index contributed by atoms with van der Waals surface area (Å²) in [6.07, 6.45) is 5.14. The van der Waals surface area contributed by atoms with Crippen molar-refractivity contribution in [2.45, 2.75) is 50.0 Å². The van der Waals surface area contributed by atoms with Crippen LogP contribution in [0.2, 0.25) is 0 Å². The SMILES string of the molecule is O=C(COC(=O)C12C[C@H]3C[C@@H](CC(Cl)(C3)C1)C2)Nc1ccccc1OC(F)F. The van der Waals surface area contributed by atoms with E-state index >= 15 is 0 Å². The van der Waals surface area contributed by atoms with Gasteiger partial charge in [0.2, 0.25) is 0 Å². The number of esters is 1. The topological polar surface area (TPSA) is 64.6 Å². The van der Waals surface area contributed by atoms with E-state index in [0.29, 0.717) is 18.3 Å². The lowest BCUT2D eigenvalue weighted by molar-refractivity contribution is -0.171. The molecule has 0 saturated heterocycles. The summed E-state index contributed by atoms with van der Waals surface area (Å²) in [6, 6.07) is 5.86. The third-order valence-corrected chi connectivity index (χ3v) is 6.58. The van der Waals surface area contributed by atoms with E-state index in [1.165, 1.54) is 18.2 Å². The zero-order valence-electron chi connectivity index (χ0n) is 15.3. The zero-order chi connectivity index (χ0) is 19.9. The van der Waals surface area contributed by atoms with Gasteiger partial charge in [0.15, 0.2) is 6.61 Å². The number of carbonyl (C=O) groups excluding carboxylic acids is 2. The van der Waals surface area contributed by atoms with Crippen LogP contribution < -0.4 is 10.1 Å². The predicted molar refractivity (Wildman–Crippen MR) is 98.4 cm³/mol. The number of halogens is 3. The first-order valence-electron chi connectivity index (χ1n) is 9.47. The van der Waals surface area contributed by atoms with Crippen LogP contribution in [0.5, 0.6) is 5.75 Å². The van der Waals surface area contributed by atoms with Crippen molar-refractivity contribution in [3.05, 3.63) is 24.3 Å². The summed E-state index contributed by atoms with van der Waals surface area (Å²) in [4.78, 5) is 24.7. The second-order valence-corrected chi connectivity index (χ2v) is 9.19. The summed E-state index contributed by atoms with van der Waals surface area (Å²) < 4.78 is 34.6. The van der Waals surface area contributed by atoms with Gasteiger partial charge in [-0.05, 0) is 62.5 Å². The predicted octanol–water partition coefficient (Wildman–Crippen LogP) is 4.35. The molecule has 4 fully saturated rings. The lowest BCUT2D eigenvalue weighted by Crippen LogP contribution is -2.56. The number of hydrogen-bond acceptors (Lipinski definition) is 4. The van der Waals surface area contributed by atoms with Gasteiger partial charge in [-0.15, -0.1) is 11.6 Å². The molecule has 0 unspecified atom stereocenters. The number of anilines is 1. The summed E-state index contributed by atoms with van der Waals surface area (Å²) in [7, 11) is 0. The lowest BCUT2D eigenvalue weighted by atomic mass is 9.49. The first-order valence-corrected chi connectivity index (χ1v) is 9.85. The Labute approximate surface area is 166 Å². The molecule has 5 rings (SSSR count). The van der Waals surface area contributed by atoms with Crippen molar-refractivity contribution in [1.29, 1.82) is 0 Å². The highest BCUT2D eigenvalue weighted by molar-refractivity contribution is 6.24. The average molecular weight is 414 g/mol. The van der Waals surface area contributed by atoms with E-state index in [1.54, 1.807) is 6.07 Å². The molecule has 0 spiro atoms. The Hall–Kier alpha value is -1.89. The fraction of sp³-hybridized carbons (Fsp3) is 0.600. The maximum atomic E-state index is 12.8. The molecular formula is C20H22ClF2NO4. The van der Waals surface area contributed by atoms with Gasteiger partial charge in [0, 0.05) is 4.87 Å². The third kappa shape index (κ3) is 3.81. The maximum Gasteiger partial charge on any atom is 0.387 e. The van der Waals surface area contributed by atoms with Crippen LogP contribution in [0.1, 0.15) is 38.5 Å². The fourth-order valence-electron chi connectivity index (χ4n) is 5.63. The van der Waals surface area contributed by atoms with Crippen LogP contribution in [0, 0.1) is 17.3 Å². The van der Waals surface area contributed by atoms with Crippen molar-refractivity contribution in [2.75, 3.05) is 11.9 Å². The van der Waals surface area contributed by atoms with Crippen molar-refractivity contribution in [3.63, 3.8) is 0 Å². The molecule has 4 aliphatic rings. The monoisotopic (exact) mass is 413 g/mol. The van der Waals surface area contributed by atoms with Crippen molar-refractivity contribution < 1.29 is 27.8 Å². The van der Waals surface area contributed by atoms with Gasteiger partial charge in [-0.25, -0.2) is 0 Å². The van der Waals surface area contributed by atoms with Crippen LogP contribution in [-0.2, 0) is 14.3 Å². The van der Waals surface area contributed by atoms with E-state index < -0.39 is 24.5 Å². The van der Waals surface area contributed by atoms with Crippen LogP contribution in [0.25, 0.3) is 0 Å². The van der Waals surface area contributed by atoms with Gasteiger partial charge in [0.1, 0.15) is 5.75 Å². The molecule has 152 valence electrons. The van der Waals surface area contributed by atoms with Crippen molar-refractivity contribution in [2.24, 2.45) is 17.3 Å². The van der Waals surface area contributed by atoms with Crippen LogP contribution in [0.4, 0.5) is 14.5 Å². The highest BCUT2D eigenvalue weighted by atomic mass is 35.5. The summed E-state index contributed by atoms with van der Waals surface area (Å²) >= 11 is 6.73. The third-order valence-electron chi connectivity index (χ3n) is 6.13. The Balaban J connectivity index is 1.36. The number of nitrogens with one attached hydrogen (secondary N) is 1. The molecule has 1 aromatic rings. The van der Waals surface area contributed by atoms with Gasteiger partial charge in [-0.2, -0.15) is 8.78 Å². The van der Waals surface area contributed by atoms with Crippen LogP contribution in [-0.4, -0.2) is 30.0 Å². The molecule has 0 aliphatic heterocycles. The summed E-state index contributed by atoms with van der Waals surface area (Å²) in [6.45, 7) is -3.48. The molecule has 0 aromatic heterocycles. The van der Waals surface area contributed by atoms with E-state index in [9.17, 15) is 18.4 Å². The van der Waals surface area contributed by atoms with E-state index in [1.807, 2.05) is 0 Å². The molecule has 0 heterocycles. The minimum absolute atomic E-state index is 0.0957. The van der Waals surface area contributed by atoms with E-state index in [0.717, 1.165) is 32.1 Å². The number of ether oxygens (including phenoxy) is 2. The minimum atomic E-state index is -3.00. The van der Waals surface area contributed by atoms with E-state index in [2.05, 4.69) is 10.1 Å². The smallest absolute Gasteiger partial charge is 0.387 e. The summed E-state index contributed by atoms with van der Waals surface area (Å²) in [5.41, 5.74) is -0.499. The fourth-order valence-corrected chi connectivity index (χ4v) is 6.32. The normalized spacial score (nSPS) is 33.0. The standard InChI is InChI=1S/C20H22ClF2NO4/c21-20-8-12-5-13(9-20)7-19(6-12,11-20)17(26)27-10-16(25)24-14-3-1-2-4-15(14)28-18(22)23/h1-4,12-13,18H,5-11H2,(H,24,25)/t12-,13-,19?,20?/m1/s1. The highest BCUT2D eigenvalue weighted by Gasteiger charge is 2.60. The second kappa shape index (κ2) is 7.17. The number of alkyl halides is 3. The van der Waals surface area contributed by atoms with Crippen molar-refractivity contribution in [3.8, 4) is 5.75 Å². The second-order valence-electron chi connectivity index (χ2n) is 8.39. The first-order chi connectivity index (χ1) is 13.3. The van der Waals surface area contributed by atoms with Crippen LogP contribution in [0.3, 0.4) is 0 Å². The Morgan fingerprint density at radius 2 is 1.86 bits per heavy atom. The Bertz CT molecular complexity index is 773. The lowest BCUT2D eigenvalue weighted by Gasteiger charge is -2.58. The molecule has 4 saturated carbocycles. The molecule has 1 amide bonds. The molecule has 2 atom stereocenters. The van der Waals surface area contributed by atoms with Gasteiger partial charge < -0.3 is 14.8 Å². The van der Waals surface area contributed by atoms with Crippen LogP contribution in [0.15, 0.2) is 24.3 Å². The van der Waals surface area contributed by atoms with Gasteiger partial charge in [-0.1, -0.05) is 12.1 Å². The Morgan fingerprint density at radius 3 is 2.50 bits per heavy atom. The van der Waals surface area contributed by atoms with Crippen LogP contribution >= 0.6 is 11.6 Å². The van der Waals surface area contributed by atoms with Gasteiger partial charge >= 0.3 is 12.6 Å². The first kappa shape index (κ1) is 19.4. The van der Waals surface area contributed by atoms with E-state index in [4.69, 9.17) is 16.3 Å². The number of benzene rings is 1. The Morgan fingerprint density at radius 1 is 1.18 bits per heavy atom. The molecule has 4 aliphatic carbocycles. The summed E-state index contributed by atoms with van der Waals surface area (Å²) in [5.74, 6) is -0.248. The van der Waals surface area contributed by atoms with Crippen molar-refractivity contribution >= 4 is 29.2 Å². The molecule has 1 N–H and O–H groups in total. The van der Waals surface area contributed by atoms with Gasteiger partial charge in [0.05, 0.1) is 11.1 Å². The molecule has 5 nitrogen and oxygen atoms in total. The molecular weight excluding hydrogens is 392 g/mol.